The van der Waals surface area contributed by atoms with Crippen molar-refractivity contribution in [2.75, 3.05) is 38.1 Å². The van der Waals surface area contributed by atoms with E-state index in [1.54, 1.807) is 0 Å². The number of carbonyl (C=O) groups excluding carboxylic acids is 1. The fraction of sp³-hybridized carbons (Fsp3) is 0.400. The second-order valence-electron chi connectivity index (χ2n) is 8.80. The van der Waals surface area contributed by atoms with Crippen LogP contribution in [0.2, 0.25) is 0 Å². The normalized spacial score (nSPS) is 18.7. The van der Waals surface area contributed by atoms with Gasteiger partial charge in [-0.25, -0.2) is 4.98 Å². The molecule has 0 spiro atoms. The summed E-state index contributed by atoms with van der Waals surface area (Å²) in [7, 11) is 1.91. The Morgan fingerprint density at radius 2 is 1.97 bits per heavy atom. The molecule has 0 radical (unpaired) electrons. The van der Waals surface area contributed by atoms with Gasteiger partial charge in [-0.3, -0.25) is 14.4 Å². The maximum Gasteiger partial charge on any atom is 0.236 e. The van der Waals surface area contributed by atoms with Gasteiger partial charge in [0.05, 0.1) is 25.4 Å². The number of aromatic nitrogens is 3. The third kappa shape index (κ3) is 4.91. The largest absolute Gasteiger partial charge is 0.368 e. The molecule has 0 aliphatic carbocycles. The molecule has 1 saturated heterocycles. The SMILES string of the molecule is Cc1cc(Nc2cccc([C@@H]3CN(C(=O)CN4CCc5ccccc5C4)CCO3)n2)nn1C. The average molecular weight is 447 g/mol. The molecule has 8 heteroatoms. The van der Waals surface area contributed by atoms with Gasteiger partial charge in [0.15, 0.2) is 5.82 Å². The molecule has 1 atom stereocenters. The number of benzene rings is 1. The van der Waals surface area contributed by atoms with Crippen molar-refractivity contribution < 1.29 is 9.53 Å². The molecule has 1 amide bonds. The predicted octanol–water partition coefficient (Wildman–Crippen LogP) is 2.83. The molecule has 5 rings (SSSR count). The summed E-state index contributed by atoms with van der Waals surface area (Å²) in [4.78, 5) is 22.0. The van der Waals surface area contributed by atoms with E-state index in [0.717, 1.165) is 36.7 Å². The van der Waals surface area contributed by atoms with Gasteiger partial charge < -0.3 is 15.0 Å². The molecular weight excluding hydrogens is 416 g/mol. The van der Waals surface area contributed by atoms with Crippen molar-refractivity contribution in [1.29, 1.82) is 0 Å². The highest BCUT2D eigenvalue weighted by molar-refractivity contribution is 5.78. The topological polar surface area (TPSA) is 75.5 Å². The highest BCUT2D eigenvalue weighted by Gasteiger charge is 2.28. The number of nitrogens with zero attached hydrogens (tertiary/aromatic N) is 5. The van der Waals surface area contributed by atoms with Gasteiger partial charge in [-0.15, -0.1) is 0 Å². The number of carbonyl (C=O) groups is 1. The number of amides is 1. The van der Waals surface area contributed by atoms with Gasteiger partial charge in [-0.1, -0.05) is 30.3 Å². The van der Waals surface area contributed by atoms with Crippen molar-refractivity contribution in [3.8, 4) is 0 Å². The molecule has 2 aliphatic heterocycles. The number of hydrogen-bond acceptors (Lipinski definition) is 6. The van der Waals surface area contributed by atoms with E-state index in [1.807, 2.05) is 47.8 Å². The van der Waals surface area contributed by atoms with E-state index in [1.165, 1.54) is 11.1 Å². The van der Waals surface area contributed by atoms with Crippen molar-refractivity contribution >= 4 is 17.5 Å². The number of ether oxygens (including phenoxy) is 1. The number of morpholine rings is 1. The number of rotatable bonds is 5. The van der Waals surface area contributed by atoms with Crippen molar-refractivity contribution in [2.45, 2.75) is 26.0 Å². The van der Waals surface area contributed by atoms with Gasteiger partial charge in [-0.2, -0.15) is 5.10 Å². The van der Waals surface area contributed by atoms with E-state index in [9.17, 15) is 4.79 Å². The molecular formula is C25H30N6O2. The van der Waals surface area contributed by atoms with Crippen LogP contribution in [0.1, 0.15) is 28.6 Å². The molecule has 0 unspecified atom stereocenters. The maximum atomic E-state index is 13.1. The van der Waals surface area contributed by atoms with Crippen LogP contribution in [0, 0.1) is 6.92 Å². The molecule has 1 aromatic carbocycles. The first kappa shape index (κ1) is 21.6. The van der Waals surface area contributed by atoms with Crippen LogP contribution >= 0.6 is 0 Å². The first-order chi connectivity index (χ1) is 16.0. The third-order valence-corrected chi connectivity index (χ3v) is 6.46. The zero-order valence-corrected chi connectivity index (χ0v) is 19.2. The second kappa shape index (κ2) is 9.33. The first-order valence-corrected chi connectivity index (χ1v) is 11.5. The second-order valence-corrected chi connectivity index (χ2v) is 8.80. The van der Waals surface area contributed by atoms with Gasteiger partial charge in [0.1, 0.15) is 11.9 Å². The highest BCUT2D eigenvalue weighted by Crippen LogP contribution is 2.24. The molecule has 0 bridgehead atoms. The van der Waals surface area contributed by atoms with Crippen molar-refractivity contribution in [1.82, 2.24) is 24.6 Å². The molecule has 1 N–H and O–H groups in total. The number of hydrogen-bond donors (Lipinski definition) is 1. The monoisotopic (exact) mass is 446 g/mol. The molecule has 0 saturated carbocycles. The summed E-state index contributed by atoms with van der Waals surface area (Å²) >= 11 is 0. The Bertz CT molecular complexity index is 1120. The molecule has 8 nitrogen and oxygen atoms in total. The minimum absolute atomic E-state index is 0.154. The zero-order chi connectivity index (χ0) is 22.8. The first-order valence-electron chi connectivity index (χ1n) is 11.5. The summed E-state index contributed by atoms with van der Waals surface area (Å²) in [6.45, 7) is 5.84. The van der Waals surface area contributed by atoms with Crippen LogP contribution in [-0.2, 0) is 29.5 Å². The molecule has 172 valence electrons. The summed E-state index contributed by atoms with van der Waals surface area (Å²) < 4.78 is 7.81. The van der Waals surface area contributed by atoms with Crippen molar-refractivity contribution in [2.24, 2.45) is 7.05 Å². The molecule has 1 fully saturated rings. The Morgan fingerprint density at radius 3 is 2.79 bits per heavy atom. The van der Waals surface area contributed by atoms with Crippen LogP contribution in [0.15, 0.2) is 48.5 Å². The summed E-state index contributed by atoms with van der Waals surface area (Å²) in [6, 6.07) is 16.3. The van der Waals surface area contributed by atoms with E-state index in [-0.39, 0.29) is 12.0 Å². The Kier molecular flexibility index (Phi) is 6.11. The third-order valence-electron chi connectivity index (χ3n) is 6.46. The number of fused-ring (bicyclic) bond motifs is 1. The predicted molar refractivity (Wildman–Crippen MR) is 126 cm³/mol. The molecule has 4 heterocycles. The van der Waals surface area contributed by atoms with Gasteiger partial charge in [0, 0.05) is 38.4 Å². The lowest BCUT2D eigenvalue weighted by atomic mass is 10.00. The Hall–Kier alpha value is -3.23. The lowest BCUT2D eigenvalue weighted by Crippen LogP contribution is -2.47. The number of anilines is 2. The van der Waals surface area contributed by atoms with E-state index in [2.05, 4.69) is 39.6 Å². The van der Waals surface area contributed by atoms with E-state index >= 15 is 0 Å². The quantitative estimate of drug-likeness (QED) is 0.650. The number of pyridine rings is 1. The van der Waals surface area contributed by atoms with Gasteiger partial charge in [0.25, 0.3) is 0 Å². The summed E-state index contributed by atoms with van der Waals surface area (Å²) in [6.07, 6.45) is 0.756. The minimum atomic E-state index is -0.239. The molecule has 2 aliphatic rings. The molecule has 3 aromatic rings. The van der Waals surface area contributed by atoms with Crippen LogP contribution in [0.4, 0.5) is 11.6 Å². The number of nitrogens with one attached hydrogen (secondary N) is 1. The van der Waals surface area contributed by atoms with E-state index < -0.39 is 0 Å². The van der Waals surface area contributed by atoms with Crippen molar-refractivity contribution in [3.63, 3.8) is 0 Å². The van der Waals surface area contributed by atoms with Gasteiger partial charge >= 0.3 is 0 Å². The minimum Gasteiger partial charge on any atom is -0.368 e. The molecule has 33 heavy (non-hydrogen) atoms. The number of aryl methyl sites for hydroxylation is 2. The average Bonchev–Trinajstić information content (AvgIpc) is 3.15. The van der Waals surface area contributed by atoms with Crippen LogP contribution in [0.5, 0.6) is 0 Å². The Labute approximate surface area is 194 Å². The van der Waals surface area contributed by atoms with Crippen molar-refractivity contribution in [3.05, 3.63) is 71.0 Å². The highest BCUT2D eigenvalue weighted by atomic mass is 16.5. The van der Waals surface area contributed by atoms with Crippen LogP contribution < -0.4 is 5.32 Å². The van der Waals surface area contributed by atoms with Gasteiger partial charge in [-0.05, 0) is 36.6 Å². The van der Waals surface area contributed by atoms with Crippen LogP contribution in [0.25, 0.3) is 0 Å². The lowest BCUT2D eigenvalue weighted by molar-refractivity contribution is -0.140. The Balaban J connectivity index is 1.21. The zero-order valence-electron chi connectivity index (χ0n) is 19.2. The summed E-state index contributed by atoms with van der Waals surface area (Å²) in [5.74, 6) is 1.62. The fourth-order valence-electron chi connectivity index (χ4n) is 4.49. The fourth-order valence-corrected chi connectivity index (χ4v) is 4.49. The molecule has 2 aromatic heterocycles. The smallest absolute Gasteiger partial charge is 0.236 e. The maximum absolute atomic E-state index is 13.1. The van der Waals surface area contributed by atoms with Gasteiger partial charge in [0.2, 0.25) is 5.91 Å². The van der Waals surface area contributed by atoms with Crippen LogP contribution in [0.3, 0.4) is 0 Å². The lowest BCUT2D eigenvalue weighted by Gasteiger charge is -2.35. The van der Waals surface area contributed by atoms with Crippen LogP contribution in [-0.4, -0.2) is 63.3 Å². The van der Waals surface area contributed by atoms with E-state index in [4.69, 9.17) is 9.72 Å². The summed E-state index contributed by atoms with van der Waals surface area (Å²) in [5, 5.41) is 7.68. The Morgan fingerprint density at radius 1 is 1.12 bits per heavy atom. The summed E-state index contributed by atoms with van der Waals surface area (Å²) in [5.41, 5.74) is 4.61. The van der Waals surface area contributed by atoms with E-state index in [0.29, 0.717) is 32.1 Å². The standard InChI is InChI=1S/C25H30N6O2/c1-18-14-24(28-29(18)2)27-23-9-5-8-21(26-23)22-16-31(12-13-33-22)25(32)17-30-11-10-19-6-3-4-7-20(19)15-30/h3-9,14,22H,10-13,15-17H2,1-2H3,(H,26,27,28)/t22-/m0/s1.